The quantitative estimate of drug-likeness (QED) is 0.478. The summed E-state index contributed by atoms with van der Waals surface area (Å²) in [5.41, 5.74) is 9.74. The molecule has 5 rings (SSSR count). The average molecular weight is 383 g/mol. The molecule has 0 atom stereocenters. The summed E-state index contributed by atoms with van der Waals surface area (Å²) in [4.78, 5) is 21.4. The Balaban J connectivity index is 1.79. The number of para-hydroxylation sites is 1. The second kappa shape index (κ2) is 6.56. The summed E-state index contributed by atoms with van der Waals surface area (Å²) in [6, 6.07) is 17.3. The smallest absolute Gasteiger partial charge is 0.341 e. The van der Waals surface area contributed by atoms with Crippen molar-refractivity contribution in [1.29, 1.82) is 0 Å². The minimum Gasteiger partial charge on any atom is -0.422 e. The first-order chi connectivity index (χ1) is 14.1. The maximum absolute atomic E-state index is 13.0. The molecule has 0 bridgehead atoms. The number of hydrogen-bond donors (Lipinski definition) is 1. The first kappa shape index (κ1) is 17.1. The van der Waals surface area contributed by atoms with Gasteiger partial charge in [-0.3, -0.25) is 0 Å². The van der Waals surface area contributed by atoms with E-state index in [9.17, 15) is 4.79 Å². The van der Waals surface area contributed by atoms with Gasteiger partial charge in [0.1, 0.15) is 17.7 Å². The molecule has 7 heteroatoms. The van der Waals surface area contributed by atoms with Gasteiger partial charge in [-0.25, -0.2) is 19.4 Å². The molecule has 142 valence electrons. The summed E-state index contributed by atoms with van der Waals surface area (Å²) < 4.78 is 7.29. The monoisotopic (exact) mass is 383 g/mol. The van der Waals surface area contributed by atoms with E-state index in [0.29, 0.717) is 33.7 Å². The molecule has 3 heterocycles. The Hall–Kier alpha value is -4.00. The minimum absolute atomic E-state index is 0.207. The van der Waals surface area contributed by atoms with E-state index in [4.69, 9.17) is 10.2 Å². The van der Waals surface area contributed by atoms with Crippen LogP contribution < -0.4 is 11.4 Å². The van der Waals surface area contributed by atoms with E-state index in [1.54, 1.807) is 10.7 Å². The molecule has 0 unspecified atom stereocenters. The van der Waals surface area contributed by atoms with Crippen LogP contribution in [0, 0.1) is 6.92 Å². The number of nitrogen functional groups attached to an aromatic ring is 1. The van der Waals surface area contributed by atoms with Gasteiger partial charge in [0, 0.05) is 10.9 Å². The summed E-state index contributed by atoms with van der Waals surface area (Å²) >= 11 is 0. The molecule has 0 aliphatic carbocycles. The van der Waals surface area contributed by atoms with Gasteiger partial charge in [-0.05, 0) is 18.6 Å². The molecule has 3 aromatic heterocycles. The highest BCUT2D eigenvalue weighted by Crippen LogP contribution is 2.31. The summed E-state index contributed by atoms with van der Waals surface area (Å²) in [7, 11) is 0. The van der Waals surface area contributed by atoms with E-state index in [1.165, 1.54) is 6.33 Å². The largest absolute Gasteiger partial charge is 0.422 e. The highest BCUT2D eigenvalue weighted by Gasteiger charge is 2.19. The van der Waals surface area contributed by atoms with Crippen LogP contribution >= 0.6 is 0 Å². The summed E-state index contributed by atoms with van der Waals surface area (Å²) in [6.45, 7) is 2.05. The number of rotatable bonds is 3. The fourth-order valence-electron chi connectivity index (χ4n) is 3.74. The molecule has 0 saturated carbocycles. The van der Waals surface area contributed by atoms with Gasteiger partial charge in [-0.2, -0.15) is 5.10 Å². The van der Waals surface area contributed by atoms with Gasteiger partial charge in [-0.15, -0.1) is 0 Å². The van der Waals surface area contributed by atoms with Crippen molar-refractivity contribution in [2.45, 2.75) is 13.5 Å². The van der Waals surface area contributed by atoms with Crippen LogP contribution in [-0.4, -0.2) is 19.7 Å². The van der Waals surface area contributed by atoms with E-state index in [-0.39, 0.29) is 6.54 Å². The highest BCUT2D eigenvalue weighted by atomic mass is 16.4. The van der Waals surface area contributed by atoms with Gasteiger partial charge >= 0.3 is 5.63 Å². The van der Waals surface area contributed by atoms with Crippen molar-refractivity contribution >= 4 is 27.8 Å². The Kier molecular flexibility index (Phi) is 3.87. The van der Waals surface area contributed by atoms with Crippen LogP contribution in [0.1, 0.15) is 11.3 Å². The lowest BCUT2D eigenvalue weighted by atomic mass is 9.97. The third kappa shape index (κ3) is 2.75. The molecule has 0 aliphatic heterocycles. The SMILES string of the molecule is Cc1nn(Cc2c(-c3ccccc3)c3ccccc3oc2=O)c2ncnc(N)c12. The van der Waals surface area contributed by atoms with Crippen LogP contribution in [0.25, 0.3) is 33.1 Å². The van der Waals surface area contributed by atoms with Crippen molar-refractivity contribution in [1.82, 2.24) is 19.7 Å². The molecular formula is C22H17N5O2. The van der Waals surface area contributed by atoms with E-state index < -0.39 is 5.63 Å². The Morgan fingerprint density at radius 3 is 2.62 bits per heavy atom. The first-order valence-corrected chi connectivity index (χ1v) is 9.17. The van der Waals surface area contributed by atoms with Crippen molar-refractivity contribution < 1.29 is 4.42 Å². The fourth-order valence-corrected chi connectivity index (χ4v) is 3.74. The summed E-state index contributed by atoms with van der Waals surface area (Å²) in [5.74, 6) is 0.368. The first-order valence-electron chi connectivity index (χ1n) is 9.17. The standard InChI is InChI=1S/C22H17N5O2/c1-13-18-20(23)24-12-25-21(18)27(26-13)11-16-19(14-7-3-2-4-8-14)15-9-5-6-10-17(15)29-22(16)28/h2-10,12H,11H2,1H3,(H2,23,24,25). The predicted molar refractivity (Wildman–Crippen MR) is 111 cm³/mol. The van der Waals surface area contributed by atoms with E-state index in [2.05, 4.69) is 15.1 Å². The molecule has 0 spiro atoms. The molecular weight excluding hydrogens is 366 g/mol. The van der Waals surface area contributed by atoms with Gasteiger partial charge in [0.25, 0.3) is 0 Å². The number of anilines is 1. The number of fused-ring (bicyclic) bond motifs is 2. The van der Waals surface area contributed by atoms with Gasteiger partial charge in [-0.1, -0.05) is 48.5 Å². The summed E-state index contributed by atoms with van der Waals surface area (Å²) in [5, 5.41) is 6.12. The van der Waals surface area contributed by atoms with Crippen LogP contribution in [0.3, 0.4) is 0 Å². The molecule has 29 heavy (non-hydrogen) atoms. The normalized spacial score (nSPS) is 11.3. The Morgan fingerprint density at radius 2 is 1.79 bits per heavy atom. The van der Waals surface area contributed by atoms with Crippen LogP contribution in [0.4, 0.5) is 5.82 Å². The van der Waals surface area contributed by atoms with E-state index in [0.717, 1.165) is 16.5 Å². The fraction of sp³-hybridized carbons (Fsp3) is 0.0909. The predicted octanol–water partition coefficient (Wildman–Crippen LogP) is 3.54. The van der Waals surface area contributed by atoms with Crippen LogP contribution in [0.2, 0.25) is 0 Å². The number of hydrogen-bond acceptors (Lipinski definition) is 6. The number of aryl methyl sites for hydroxylation is 1. The Bertz CT molecular complexity index is 1420. The zero-order chi connectivity index (χ0) is 20.0. The van der Waals surface area contributed by atoms with E-state index >= 15 is 0 Å². The maximum Gasteiger partial charge on any atom is 0.341 e. The second-order valence-electron chi connectivity index (χ2n) is 6.81. The van der Waals surface area contributed by atoms with Crippen molar-refractivity contribution in [3.05, 3.63) is 82.6 Å². The van der Waals surface area contributed by atoms with Crippen molar-refractivity contribution in [3.8, 4) is 11.1 Å². The minimum atomic E-state index is -0.397. The lowest BCUT2D eigenvalue weighted by Gasteiger charge is -2.12. The maximum atomic E-state index is 13.0. The third-order valence-corrected chi connectivity index (χ3v) is 5.01. The molecule has 0 aliphatic rings. The lowest BCUT2D eigenvalue weighted by Crippen LogP contribution is -2.15. The van der Waals surface area contributed by atoms with Crippen molar-refractivity contribution in [3.63, 3.8) is 0 Å². The molecule has 0 saturated heterocycles. The van der Waals surface area contributed by atoms with Gasteiger partial charge in [0.15, 0.2) is 5.65 Å². The zero-order valence-corrected chi connectivity index (χ0v) is 15.7. The van der Waals surface area contributed by atoms with Crippen LogP contribution in [-0.2, 0) is 6.54 Å². The second-order valence-corrected chi connectivity index (χ2v) is 6.81. The molecule has 2 N–H and O–H groups in total. The number of nitrogens with two attached hydrogens (primary N) is 1. The molecule has 0 fully saturated rings. The summed E-state index contributed by atoms with van der Waals surface area (Å²) in [6.07, 6.45) is 1.40. The van der Waals surface area contributed by atoms with Crippen molar-refractivity contribution in [2.75, 3.05) is 5.73 Å². The Morgan fingerprint density at radius 1 is 1.03 bits per heavy atom. The number of aromatic nitrogens is 4. The zero-order valence-electron chi connectivity index (χ0n) is 15.7. The number of nitrogens with zero attached hydrogens (tertiary/aromatic N) is 4. The van der Waals surface area contributed by atoms with Crippen LogP contribution in [0.5, 0.6) is 0 Å². The van der Waals surface area contributed by atoms with Gasteiger partial charge in [0.2, 0.25) is 0 Å². The van der Waals surface area contributed by atoms with Gasteiger partial charge in [0.05, 0.1) is 23.2 Å². The Labute approximate surface area is 165 Å². The lowest BCUT2D eigenvalue weighted by molar-refractivity contribution is 0.542. The third-order valence-electron chi connectivity index (χ3n) is 5.01. The molecule has 0 radical (unpaired) electrons. The highest BCUT2D eigenvalue weighted by molar-refractivity contribution is 5.95. The molecule has 2 aromatic carbocycles. The van der Waals surface area contributed by atoms with Gasteiger partial charge < -0.3 is 10.2 Å². The molecule has 5 aromatic rings. The van der Waals surface area contributed by atoms with Crippen molar-refractivity contribution in [2.24, 2.45) is 0 Å². The molecule has 7 nitrogen and oxygen atoms in total. The molecule has 0 amide bonds. The average Bonchev–Trinajstić information content (AvgIpc) is 3.06. The van der Waals surface area contributed by atoms with E-state index in [1.807, 2.05) is 55.5 Å². The number of benzene rings is 2. The topological polar surface area (TPSA) is 99.8 Å². The van der Waals surface area contributed by atoms with Crippen LogP contribution in [0.15, 0.2) is 70.1 Å².